The smallest absolute Gasteiger partial charge is 0.270 e. The van der Waals surface area contributed by atoms with Crippen LogP contribution < -0.4 is 10.6 Å². The van der Waals surface area contributed by atoms with E-state index in [-0.39, 0.29) is 11.9 Å². The minimum Gasteiger partial charge on any atom is -0.370 e. The Kier molecular flexibility index (Phi) is 6.34. The molecule has 4 aromatic rings. The minimum atomic E-state index is -0.117. The topological polar surface area (TPSA) is 66.9 Å². The fourth-order valence-corrected chi connectivity index (χ4v) is 4.80. The highest BCUT2D eigenvalue weighted by Crippen LogP contribution is 2.26. The highest BCUT2D eigenvalue weighted by Gasteiger charge is 2.23. The fourth-order valence-electron chi connectivity index (χ4n) is 4.44. The van der Waals surface area contributed by atoms with E-state index in [1.165, 1.54) is 0 Å². The van der Waals surface area contributed by atoms with Gasteiger partial charge in [-0.25, -0.2) is 9.97 Å². The maximum absolute atomic E-state index is 12.7. The maximum atomic E-state index is 12.7. The van der Waals surface area contributed by atoms with Crippen LogP contribution >= 0.6 is 23.2 Å². The second kappa shape index (κ2) is 9.54. The molecule has 0 aliphatic heterocycles. The summed E-state index contributed by atoms with van der Waals surface area (Å²) < 4.78 is 0. The van der Waals surface area contributed by atoms with Crippen molar-refractivity contribution in [2.24, 2.45) is 5.92 Å². The molecule has 1 aliphatic rings. The number of aromatic nitrogens is 2. The lowest BCUT2D eigenvalue weighted by Gasteiger charge is -2.29. The summed E-state index contributed by atoms with van der Waals surface area (Å²) in [6.07, 6.45) is 4.05. The standard InChI is InChI=1S/C26H24Cl2N4O/c27-19-5-10-22-17(13-19)3-9-24(31-22)26(33)30-21-7-1-16(2-8-21)15-29-25-12-4-18-14-20(28)6-11-23(18)32-25/h3-6,9-14,16,21H,1-2,7-8,15H2,(H,29,32)(H,30,33). The van der Waals surface area contributed by atoms with Crippen molar-refractivity contribution in [3.05, 3.63) is 76.4 Å². The third kappa shape index (κ3) is 5.21. The average molecular weight is 479 g/mol. The van der Waals surface area contributed by atoms with Gasteiger partial charge in [-0.2, -0.15) is 0 Å². The zero-order chi connectivity index (χ0) is 22.8. The molecule has 5 rings (SSSR count). The predicted octanol–water partition coefficient (Wildman–Crippen LogP) is 6.49. The molecule has 1 saturated carbocycles. The molecule has 2 aromatic carbocycles. The van der Waals surface area contributed by atoms with E-state index < -0.39 is 0 Å². The summed E-state index contributed by atoms with van der Waals surface area (Å²) >= 11 is 12.1. The van der Waals surface area contributed by atoms with Gasteiger partial charge in [-0.3, -0.25) is 4.79 Å². The van der Waals surface area contributed by atoms with Crippen LogP contribution in [0.1, 0.15) is 36.2 Å². The lowest BCUT2D eigenvalue weighted by Crippen LogP contribution is -2.38. The van der Waals surface area contributed by atoms with E-state index in [2.05, 4.69) is 20.6 Å². The van der Waals surface area contributed by atoms with Gasteiger partial charge in [0.05, 0.1) is 11.0 Å². The van der Waals surface area contributed by atoms with E-state index in [9.17, 15) is 4.79 Å². The molecule has 2 heterocycles. The predicted molar refractivity (Wildman–Crippen MR) is 135 cm³/mol. The molecule has 1 fully saturated rings. The van der Waals surface area contributed by atoms with Gasteiger partial charge in [-0.1, -0.05) is 29.3 Å². The number of halogens is 2. The van der Waals surface area contributed by atoms with Crippen LogP contribution in [0.5, 0.6) is 0 Å². The largest absolute Gasteiger partial charge is 0.370 e. The van der Waals surface area contributed by atoms with E-state index in [4.69, 9.17) is 23.2 Å². The van der Waals surface area contributed by atoms with Gasteiger partial charge in [0.1, 0.15) is 11.5 Å². The second-order valence-electron chi connectivity index (χ2n) is 8.64. The third-order valence-corrected chi connectivity index (χ3v) is 6.76. The first kappa shape index (κ1) is 21.9. The molecule has 5 nitrogen and oxygen atoms in total. The van der Waals surface area contributed by atoms with Crippen molar-refractivity contribution >= 4 is 56.7 Å². The van der Waals surface area contributed by atoms with Crippen LogP contribution in [0.15, 0.2) is 60.7 Å². The van der Waals surface area contributed by atoms with Gasteiger partial charge in [0.15, 0.2) is 0 Å². The third-order valence-electron chi connectivity index (χ3n) is 6.29. The zero-order valence-electron chi connectivity index (χ0n) is 18.0. The molecular formula is C26H24Cl2N4O. The summed E-state index contributed by atoms with van der Waals surface area (Å²) in [5, 5.41) is 9.97. The van der Waals surface area contributed by atoms with E-state index in [0.717, 1.165) is 64.9 Å². The first-order valence-electron chi connectivity index (χ1n) is 11.2. The van der Waals surface area contributed by atoms with Gasteiger partial charge in [-0.15, -0.1) is 0 Å². The molecule has 168 valence electrons. The number of anilines is 1. The van der Waals surface area contributed by atoms with Crippen molar-refractivity contribution < 1.29 is 4.79 Å². The number of fused-ring (bicyclic) bond motifs is 2. The van der Waals surface area contributed by atoms with Gasteiger partial charge in [-0.05, 0) is 86.2 Å². The number of hydrogen-bond donors (Lipinski definition) is 2. The van der Waals surface area contributed by atoms with Crippen molar-refractivity contribution in [2.75, 3.05) is 11.9 Å². The van der Waals surface area contributed by atoms with Gasteiger partial charge in [0.2, 0.25) is 0 Å². The monoisotopic (exact) mass is 478 g/mol. The van der Waals surface area contributed by atoms with Crippen molar-refractivity contribution in [1.82, 2.24) is 15.3 Å². The Labute approximate surface area is 202 Å². The van der Waals surface area contributed by atoms with Crippen molar-refractivity contribution in [2.45, 2.75) is 31.7 Å². The zero-order valence-corrected chi connectivity index (χ0v) is 19.5. The molecule has 2 N–H and O–H groups in total. The molecule has 0 radical (unpaired) electrons. The summed E-state index contributed by atoms with van der Waals surface area (Å²) in [7, 11) is 0. The van der Waals surface area contributed by atoms with E-state index >= 15 is 0 Å². The molecule has 1 amide bonds. The number of nitrogens with zero attached hydrogens (tertiary/aromatic N) is 2. The van der Waals surface area contributed by atoms with Gasteiger partial charge in [0, 0.05) is 33.4 Å². The molecular weight excluding hydrogens is 455 g/mol. The molecule has 33 heavy (non-hydrogen) atoms. The van der Waals surface area contributed by atoms with Crippen molar-refractivity contribution in [3.8, 4) is 0 Å². The fraction of sp³-hybridized carbons (Fsp3) is 0.269. The van der Waals surface area contributed by atoms with E-state index in [1.54, 1.807) is 12.1 Å². The molecule has 0 saturated heterocycles. The first-order valence-corrected chi connectivity index (χ1v) is 12.0. The van der Waals surface area contributed by atoms with Crippen molar-refractivity contribution in [3.63, 3.8) is 0 Å². The molecule has 2 aromatic heterocycles. The van der Waals surface area contributed by atoms with Crippen LogP contribution in [0.4, 0.5) is 5.82 Å². The Morgan fingerprint density at radius 1 is 0.818 bits per heavy atom. The molecule has 0 spiro atoms. The van der Waals surface area contributed by atoms with Gasteiger partial charge in [0.25, 0.3) is 5.91 Å². The number of hydrogen-bond acceptors (Lipinski definition) is 4. The Hall–Kier alpha value is -2.89. The van der Waals surface area contributed by atoms with Crippen LogP contribution in [0.2, 0.25) is 10.0 Å². The summed E-state index contributed by atoms with van der Waals surface area (Å²) in [5.41, 5.74) is 2.14. The lowest BCUT2D eigenvalue weighted by molar-refractivity contribution is 0.0918. The highest BCUT2D eigenvalue weighted by molar-refractivity contribution is 6.31. The van der Waals surface area contributed by atoms with Crippen LogP contribution in [0.25, 0.3) is 21.8 Å². The molecule has 0 unspecified atom stereocenters. The van der Waals surface area contributed by atoms with Crippen LogP contribution in [0.3, 0.4) is 0 Å². The Morgan fingerprint density at radius 3 is 2.15 bits per heavy atom. The molecule has 0 bridgehead atoms. The van der Waals surface area contributed by atoms with E-state index in [0.29, 0.717) is 16.6 Å². The number of rotatable bonds is 5. The Balaban J connectivity index is 1.12. The van der Waals surface area contributed by atoms with E-state index in [1.807, 2.05) is 48.5 Å². The quantitative estimate of drug-likeness (QED) is 0.343. The summed E-state index contributed by atoms with van der Waals surface area (Å²) in [6.45, 7) is 0.877. The van der Waals surface area contributed by atoms with Crippen LogP contribution in [-0.2, 0) is 0 Å². The summed E-state index contributed by atoms with van der Waals surface area (Å²) in [4.78, 5) is 21.9. The van der Waals surface area contributed by atoms with Gasteiger partial charge < -0.3 is 10.6 Å². The first-order chi connectivity index (χ1) is 16.0. The number of carbonyl (C=O) groups excluding carboxylic acids is 1. The number of nitrogens with one attached hydrogen (secondary N) is 2. The number of carbonyl (C=O) groups is 1. The maximum Gasteiger partial charge on any atom is 0.270 e. The van der Waals surface area contributed by atoms with Gasteiger partial charge >= 0.3 is 0 Å². The second-order valence-corrected chi connectivity index (χ2v) is 9.51. The number of amides is 1. The molecule has 0 atom stereocenters. The number of benzene rings is 2. The van der Waals surface area contributed by atoms with Crippen LogP contribution in [-0.4, -0.2) is 28.5 Å². The normalized spacial score (nSPS) is 18.4. The number of pyridine rings is 2. The Bertz CT molecular complexity index is 1320. The molecule has 1 aliphatic carbocycles. The molecule has 7 heteroatoms. The van der Waals surface area contributed by atoms with Crippen LogP contribution in [0, 0.1) is 5.92 Å². The summed E-state index contributed by atoms with van der Waals surface area (Å²) in [6, 6.07) is 19.1. The lowest BCUT2D eigenvalue weighted by atomic mass is 9.86. The highest BCUT2D eigenvalue weighted by atomic mass is 35.5. The summed E-state index contributed by atoms with van der Waals surface area (Å²) in [5.74, 6) is 1.32. The Morgan fingerprint density at radius 2 is 1.45 bits per heavy atom. The minimum absolute atomic E-state index is 0.117. The van der Waals surface area contributed by atoms with Crippen molar-refractivity contribution in [1.29, 1.82) is 0 Å². The SMILES string of the molecule is O=C(NC1CCC(CNc2ccc3cc(Cl)ccc3n2)CC1)c1ccc2cc(Cl)ccc2n1. The average Bonchev–Trinajstić information content (AvgIpc) is 2.83.